The van der Waals surface area contributed by atoms with Crippen molar-refractivity contribution in [1.29, 1.82) is 0 Å². The molecule has 0 spiro atoms. The van der Waals surface area contributed by atoms with Gasteiger partial charge in [-0.25, -0.2) is 0 Å². The Morgan fingerprint density at radius 2 is 1.71 bits per heavy atom. The van der Waals surface area contributed by atoms with Gasteiger partial charge in [0.05, 0.1) is 6.54 Å². The second-order valence-electron chi connectivity index (χ2n) is 4.01. The molecule has 0 N–H and O–H groups in total. The SMILES string of the molecule is CCOC(CN(C)c1ccccc1C)OCC. The Kier molecular flexibility index (Phi) is 6.01. The molecule has 0 atom stereocenters. The van der Waals surface area contributed by atoms with Crippen molar-refractivity contribution in [2.45, 2.75) is 27.1 Å². The van der Waals surface area contributed by atoms with E-state index in [9.17, 15) is 0 Å². The lowest BCUT2D eigenvalue weighted by Gasteiger charge is -2.26. The molecule has 3 heteroatoms. The Balaban J connectivity index is 2.63. The maximum Gasteiger partial charge on any atom is 0.174 e. The second-order valence-corrected chi connectivity index (χ2v) is 4.01. The van der Waals surface area contributed by atoms with Crippen molar-refractivity contribution in [2.75, 3.05) is 31.7 Å². The third-order valence-electron chi connectivity index (χ3n) is 2.65. The molecule has 1 aromatic carbocycles. The summed E-state index contributed by atoms with van der Waals surface area (Å²) in [6, 6.07) is 8.33. The van der Waals surface area contributed by atoms with Crippen LogP contribution >= 0.6 is 0 Å². The number of aryl methyl sites for hydroxylation is 1. The van der Waals surface area contributed by atoms with E-state index in [-0.39, 0.29) is 6.29 Å². The Labute approximate surface area is 104 Å². The quantitative estimate of drug-likeness (QED) is 0.681. The van der Waals surface area contributed by atoms with Gasteiger partial charge in [0.2, 0.25) is 0 Å². The van der Waals surface area contributed by atoms with Crippen LogP contribution in [0.15, 0.2) is 24.3 Å². The summed E-state index contributed by atoms with van der Waals surface area (Å²) in [5.74, 6) is 0. The zero-order chi connectivity index (χ0) is 12.7. The summed E-state index contributed by atoms with van der Waals surface area (Å²) in [4.78, 5) is 2.17. The molecule has 17 heavy (non-hydrogen) atoms. The average molecular weight is 237 g/mol. The predicted octanol–water partition coefficient (Wildman–Crippen LogP) is 2.83. The van der Waals surface area contributed by atoms with E-state index < -0.39 is 0 Å². The molecule has 0 heterocycles. The minimum atomic E-state index is -0.158. The Hall–Kier alpha value is -1.06. The van der Waals surface area contributed by atoms with E-state index in [0.717, 1.165) is 6.54 Å². The van der Waals surface area contributed by atoms with Crippen LogP contribution in [0.1, 0.15) is 19.4 Å². The van der Waals surface area contributed by atoms with Crippen LogP contribution in [0, 0.1) is 6.92 Å². The fraction of sp³-hybridized carbons (Fsp3) is 0.571. The molecule has 0 saturated heterocycles. The number of para-hydroxylation sites is 1. The lowest BCUT2D eigenvalue weighted by Crippen LogP contribution is -2.33. The number of rotatable bonds is 7. The van der Waals surface area contributed by atoms with Gasteiger partial charge in [-0.1, -0.05) is 18.2 Å². The van der Waals surface area contributed by atoms with Gasteiger partial charge in [0.15, 0.2) is 6.29 Å². The van der Waals surface area contributed by atoms with Crippen LogP contribution in [-0.4, -0.2) is 33.1 Å². The highest BCUT2D eigenvalue weighted by atomic mass is 16.7. The summed E-state index contributed by atoms with van der Waals surface area (Å²) in [6.07, 6.45) is -0.158. The third-order valence-corrected chi connectivity index (χ3v) is 2.65. The minimum absolute atomic E-state index is 0.158. The molecule has 0 unspecified atom stereocenters. The second kappa shape index (κ2) is 7.30. The van der Waals surface area contributed by atoms with Crippen LogP contribution in [0.5, 0.6) is 0 Å². The molecule has 0 aliphatic heterocycles. The summed E-state index contributed by atoms with van der Waals surface area (Å²) in [6.45, 7) is 8.17. The number of benzene rings is 1. The van der Waals surface area contributed by atoms with Gasteiger partial charge in [0, 0.05) is 25.9 Å². The fourth-order valence-electron chi connectivity index (χ4n) is 1.84. The fourth-order valence-corrected chi connectivity index (χ4v) is 1.84. The zero-order valence-electron chi connectivity index (χ0n) is 11.3. The first-order valence-electron chi connectivity index (χ1n) is 6.19. The van der Waals surface area contributed by atoms with Gasteiger partial charge in [-0.15, -0.1) is 0 Å². The van der Waals surface area contributed by atoms with Crippen LogP contribution in [0.25, 0.3) is 0 Å². The lowest BCUT2D eigenvalue weighted by atomic mass is 10.2. The normalized spacial score (nSPS) is 10.9. The molecular formula is C14H23NO2. The maximum absolute atomic E-state index is 5.55. The van der Waals surface area contributed by atoms with Gasteiger partial charge in [-0.05, 0) is 32.4 Å². The van der Waals surface area contributed by atoms with E-state index in [0.29, 0.717) is 13.2 Å². The van der Waals surface area contributed by atoms with Crippen molar-refractivity contribution in [2.24, 2.45) is 0 Å². The number of hydrogen-bond acceptors (Lipinski definition) is 3. The van der Waals surface area contributed by atoms with Crippen LogP contribution in [-0.2, 0) is 9.47 Å². The summed E-state index contributed by atoms with van der Waals surface area (Å²) in [7, 11) is 2.06. The summed E-state index contributed by atoms with van der Waals surface area (Å²) in [5, 5.41) is 0. The van der Waals surface area contributed by atoms with E-state index in [1.807, 2.05) is 13.8 Å². The highest BCUT2D eigenvalue weighted by Crippen LogP contribution is 2.18. The van der Waals surface area contributed by atoms with E-state index in [1.165, 1.54) is 11.3 Å². The molecule has 0 saturated carbocycles. The van der Waals surface area contributed by atoms with Gasteiger partial charge >= 0.3 is 0 Å². The van der Waals surface area contributed by atoms with E-state index in [2.05, 4.69) is 43.1 Å². The first-order valence-corrected chi connectivity index (χ1v) is 6.19. The molecule has 0 amide bonds. The predicted molar refractivity (Wildman–Crippen MR) is 71.5 cm³/mol. The third kappa shape index (κ3) is 4.36. The minimum Gasteiger partial charge on any atom is -0.369 e. The smallest absolute Gasteiger partial charge is 0.174 e. The number of likely N-dealkylation sites (N-methyl/N-ethyl adjacent to an activating group) is 1. The van der Waals surface area contributed by atoms with Crippen molar-refractivity contribution in [1.82, 2.24) is 0 Å². The Morgan fingerprint density at radius 1 is 1.12 bits per heavy atom. The number of nitrogens with zero attached hydrogens (tertiary/aromatic N) is 1. The van der Waals surface area contributed by atoms with Crippen LogP contribution in [0.4, 0.5) is 5.69 Å². The first-order chi connectivity index (χ1) is 8.19. The van der Waals surface area contributed by atoms with Crippen LogP contribution in [0.2, 0.25) is 0 Å². The van der Waals surface area contributed by atoms with Gasteiger partial charge < -0.3 is 14.4 Å². The van der Waals surface area contributed by atoms with Crippen molar-refractivity contribution in [3.8, 4) is 0 Å². The molecule has 3 nitrogen and oxygen atoms in total. The standard InChI is InChI=1S/C14H23NO2/c1-5-16-14(17-6-2)11-15(4)13-10-8-7-9-12(13)3/h7-10,14H,5-6,11H2,1-4H3. The monoisotopic (exact) mass is 237 g/mol. The van der Waals surface area contributed by atoms with E-state index in [4.69, 9.17) is 9.47 Å². The highest BCUT2D eigenvalue weighted by molar-refractivity contribution is 5.52. The zero-order valence-corrected chi connectivity index (χ0v) is 11.3. The topological polar surface area (TPSA) is 21.7 Å². The Morgan fingerprint density at radius 3 is 2.24 bits per heavy atom. The van der Waals surface area contributed by atoms with E-state index in [1.54, 1.807) is 0 Å². The van der Waals surface area contributed by atoms with Gasteiger partial charge in [-0.2, -0.15) is 0 Å². The lowest BCUT2D eigenvalue weighted by molar-refractivity contribution is -0.129. The molecular weight excluding hydrogens is 214 g/mol. The summed E-state index contributed by atoms with van der Waals surface area (Å²) >= 11 is 0. The van der Waals surface area contributed by atoms with Crippen molar-refractivity contribution in [3.63, 3.8) is 0 Å². The molecule has 0 fully saturated rings. The highest BCUT2D eigenvalue weighted by Gasteiger charge is 2.12. The largest absolute Gasteiger partial charge is 0.369 e. The molecule has 1 rings (SSSR count). The summed E-state index contributed by atoms with van der Waals surface area (Å²) < 4.78 is 11.1. The van der Waals surface area contributed by atoms with Gasteiger partial charge in [0.1, 0.15) is 0 Å². The molecule has 0 aliphatic rings. The Bertz CT molecular complexity index is 322. The summed E-state index contributed by atoms with van der Waals surface area (Å²) in [5.41, 5.74) is 2.48. The number of hydrogen-bond donors (Lipinski definition) is 0. The van der Waals surface area contributed by atoms with Crippen LogP contribution < -0.4 is 4.90 Å². The van der Waals surface area contributed by atoms with Crippen LogP contribution in [0.3, 0.4) is 0 Å². The molecule has 1 aromatic rings. The van der Waals surface area contributed by atoms with E-state index >= 15 is 0 Å². The molecule has 96 valence electrons. The number of anilines is 1. The average Bonchev–Trinajstić information content (AvgIpc) is 2.30. The number of ether oxygens (including phenoxy) is 2. The van der Waals surface area contributed by atoms with Crippen molar-refractivity contribution >= 4 is 5.69 Å². The molecule has 0 bridgehead atoms. The van der Waals surface area contributed by atoms with Crippen molar-refractivity contribution in [3.05, 3.63) is 29.8 Å². The first kappa shape index (κ1) is 14.0. The molecule has 0 radical (unpaired) electrons. The molecule has 0 aromatic heterocycles. The maximum atomic E-state index is 5.55. The van der Waals surface area contributed by atoms with Gasteiger partial charge in [0.25, 0.3) is 0 Å². The molecule has 0 aliphatic carbocycles. The van der Waals surface area contributed by atoms with Gasteiger partial charge in [-0.3, -0.25) is 0 Å². The van der Waals surface area contributed by atoms with Crippen molar-refractivity contribution < 1.29 is 9.47 Å².